The maximum atomic E-state index is 12.7. The van der Waals surface area contributed by atoms with Gasteiger partial charge in [0.1, 0.15) is 0 Å². The number of nitrogens with one attached hydrogen (secondary N) is 1. The molecule has 2 amide bonds. The number of carbonyl (C=O) groups is 2. The van der Waals surface area contributed by atoms with Crippen LogP contribution in [-0.2, 0) is 4.79 Å². The average Bonchev–Trinajstić information content (AvgIpc) is 3.30. The van der Waals surface area contributed by atoms with Crippen LogP contribution in [0.15, 0.2) is 24.3 Å². The van der Waals surface area contributed by atoms with E-state index in [1.165, 1.54) is 17.1 Å². The van der Waals surface area contributed by atoms with Gasteiger partial charge in [-0.25, -0.2) is 4.79 Å². The Kier molecular flexibility index (Phi) is 4.62. The second-order valence-electron chi connectivity index (χ2n) is 7.06. The molecule has 0 aromatic heterocycles. The highest BCUT2D eigenvalue weighted by atomic mass is 32.2. The zero-order chi connectivity index (χ0) is 17.4. The third-order valence-electron chi connectivity index (χ3n) is 5.62. The molecule has 0 radical (unpaired) electrons. The van der Waals surface area contributed by atoms with Gasteiger partial charge in [-0.05, 0) is 36.5 Å². The van der Waals surface area contributed by atoms with E-state index >= 15 is 0 Å². The largest absolute Gasteiger partial charge is 0.481 e. The van der Waals surface area contributed by atoms with E-state index in [1.807, 2.05) is 41.7 Å². The number of hydrogen-bond acceptors (Lipinski definition) is 4. The summed E-state index contributed by atoms with van der Waals surface area (Å²) in [7, 11) is 0. The van der Waals surface area contributed by atoms with Gasteiger partial charge in [0.15, 0.2) is 0 Å². The summed E-state index contributed by atoms with van der Waals surface area (Å²) in [6, 6.07) is 7.83. The molecule has 4 rings (SSSR count). The zero-order valence-corrected chi connectivity index (χ0v) is 15.6. The lowest BCUT2D eigenvalue weighted by atomic mass is 9.81. The van der Waals surface area contributed by atoms with Gasteiger partial charge in [-0.15, -0.1) is 23.5 Å². The molecular formula is C18H22N2O3S2. The number of anilines is 1. The van der Waals surface area contributed by atoms with E-state index in [4.69, 9.17) is 0 Å². The van der Waals surface area contributed by atoms with Crippen molar-refractivity contribution in [1.82, 2.24) is 4.90 Å². The summed E-state index contributed by atoms with van der Waals surface area (Å²) in [5.74, 6) is 1.67. The van der Waals surface area contributed by atoms with Crippen molar-refractivity contribution < 1.29 is 14.7 Å². The van der Waals surface area contributed by atoms with Crippen molar-refractivity contribution in [3.63, 3.8) is 0 Å². The number of benzene rings is 1. The molecule has 2 atom stereocenters. The van der Waals surface area contributed by atoms with Gasteiger partial charge in [-0.2, -0.15) is 0 Å². The molecule has 25 heavy (non-hydrogen) atoms. The van der Waals surface area contributed by atoms with Crippen molar-refractivity contribution in [2.24, 2.45) is 11.3 Å². The maximum absolute atomic E-state index is 12.7. The third kappa shape index (κ3) is 3.12. The lowest BCUT2D eigenvalue weighted by molar-refractivity contribution is -0.149. The summed E-state index contributed by atoms with van der Waals surface area (Å²) >= 11 is 3.87. The molecule has 1 saturated carbocycles. The number of amides is 2. The molecule has 3 aliphatic rings. The molecule has 2 aliphatic heterocycles. The first-order valence-electron chi connectivity index (χ1n) is 8.71. The number of hydrogen-bond donors (Lipinski definition) is 2. The number of urea groups is 1. The van der Waals surface area contributed by atoms with Gasteiger partial charge in [0, 0.05) is 30.3 Å². The average molecular weight is 379 g/mol. The Morgan fingerprint density at radius 3 is 2.80 bits per heavy atom. The fraction of sp³-hybridized carbons (Fsp3) is 0.556. The van der Waals surface area contributed by atoms with Gasteiger partial charge < -0.3 is 15.3 Å². The number of rotatable bonds is 3. The van der Waals surface area contributed by atoms with Gasteiger partial charge in [0.2, 0.25) is 0 Å². The normalized spacial score (nSPS) is 29.0. The van der Waals surface area contributed by atoms with E-state index in [2.05, 4.69) is 11.4 Å². The van der Waals surface area contributed by atoms with Crippen LogP contribution in [0.3, 0.4) is 0 Å². The molecule has 1 aromatic rings. The van der Waals surface area contributed by atoms with Crippen LogP contribution in [0.2, 0.25) is 0 Å². The number of thioether (sulfide) groups is 2. The minimum atomic E-state index is -0.748. The monoisotopic (exact) mass is 378 g/mol. The molecule has 0 spiro atoms. The van der Waals surface area contributed by atoms with Gasteiger partial charge in [-0.1, -0.05) is 18.6 Å². The zero-order valence-electron chi connectivity index (χ0n) is 13.9. The second kappa shape index (κ2) is 6.76. The predicted octanol–water partition coefficient (Wildman–Crippen LogP) is 3.88. The molecule has 3 fully saturated rings. The summed E-state index contributed by atoms with van der Waals surface area (Å²) in [5, 5.41) is 12.6. The molecule has 2 heterocycles. The molecular weight excluding hydrogens is 356 g/mol. The van der Waals surface area contributed by atoms with Crippen LogP contribution in [0.5, 0.6) is 0 Å². The summed E-state index contributed by atoms with van der Waals surface area (Å²) < 4.78 is 0.443. The maximum Gasteiger partial charge on any atom is 0.321 e. The van der Waals surface area contributed by atoms with Crippen LogP contribution in [0, 0.1) is 11.3 Å². The van der Waals surface area contributed by atoms with Crippen molar-refractivity contribution in [2.45, 2.75) is 23.8 Å². The third-order valence-corrected chi connectivity index (χ3v) is 8.72. The van der Waals surface area contributed by atoms with Gasteiger partial charge >= 0.3 is 12.0 Å². The lowest BCUT2D eigenvalue weighted by Gasteiger charge is -2.23. The number of carboxylic acids is 1. The quantitative estimate of drug-likeness (QED) is 0.835. The summed E-state index contributed by atoms with van der Waals surface area (Å²) in [6.45, 7) is 0.874. The molecule has 0 bridgehead atoms. The van der Waals surface area contributed by atoms with Crippen LogP contribution in [0.4, 0.5) is 10.5 Å². The van der Waals surface area contributed by atoms with E-state index in [1.54, 1.807) is 4.90 Å². The van der Waals surface area contributed by atoms with Crippen LogP contribution in [-0.4, -0.2) is 46.6 Å². The standard InChI is InChI=1S/C18H22N2O3S2/c21-16(22)18-6-2-4-13(18)10-20(11-18)17(23)19-14-5-1-3-12(9-14)15-24-7-8-25-15/h1,3,5,9,13,15H,2,4,6-8,10-11H2,(H,19,23)(H,21,22)/t13-,18+/m0/s1. The van der Waals surface area contributed by atoms with Crippen LogP contribution in [0.1, 0.15) is 29.4 Å². The summed E-state index contributed by atoms with van der Waals surface area (Å²) in [5.41, 5.74) is 1.29. The van der Waals surface area contributed by atoms with Crippen molar-refractivity contribution >= 4 is 41.2 Å². The van der Waals surface area contributed by atoms with Gasteiger partial charge in [0.25, 0.3) is 0 Å². The molecule has 1 aromatic carbocycles. The first kappa shape index (κ1) is 17.1. The molecule has 2 saturated heterocycles. The predicted molar refractivity (Wildman–Crippen MR) is 102 cm³/mol. The van der Waals surface area contributed by atoms with E-state index in [0.717, 1.165) is 18.5 Å². The Bertz CT molecular complexity index is 693. The Hall–Kier alpha value is -1.34. The molecule has 2 N–H and O–H groups in total. The van der Waals surface area contributed by atoms with E-state index in [-0.39, 0.29) is 11.9 Å². The highest BCUT2D eigenvalue weighted by molar-refractivity contribution is 8.19. The SMILES string of the molecule is O=C(Nc1cccc(C2SCCS2)c1)N1C[C@@H]2CCC[C@@]2(C(=O)O)C1. The van der Waals surface area contributed by atoms with Crippen molar-refractivity contribution in [1.29, 1.82) is 0 Å². The summed E-state index contributed by atoms with van der Waals surface area (Å²) in [6.07, 6.45) is 2.54. The minimum absolute atomic E-state index is 0.0911. The molecule has 134 valence electrons. The number of nitrogens with zero attached hydrogens (tertiary/aromatic N) is 1. The van der Waals surface area contributed by atoms with Crippen molar-refractivity contribution in [3.05, 3.63) is 29.8 Å². The number of fused-ring (bicyclic) bond motifs is 1. The summed E-state index contributed by atoms with van der Waals surface area (Å²) in [4.78, 5) is 26.1. The highest BCUT2D eigenvalue weighted by Crippen LogP contribution is 2.49. The minimum Gasteiger partial charge on any atom is -0.481 e. The molecule has 5 nitrogen and oxygen atoms in total. The van der Waals surface area contributed by atoms with E-state index in [9.17, 15) is 14.7 Å². The molecule has 7 heteroatoms. The van der Waals surface area contributed by atoms with Crippen LogP contribution >= 0.6 is 23.5 Å². The smallest absolute Gasteiger partial charge is 0.321 e. The van der Waals surface area contributed by atoms with Crippen LogP contribution < -0.4 is 5.32 Å². The van der Waals surface area contributed by atoms with Crippen molar-refractivity contribution in [3.8, 4) is 0 Å². The van der Waals surface area contributed by atoms with E-state index in [0.29, 0.717) is 24.1 Å². The Balaban J connectivity index is 1.44. The van der Waals surface area contributed by atoms with Gasteiger partial charge in [-0.3, -0.25) is 4.79 Å². The lowest BCUT2D eigenvalue weighted by Crippen LogP contribution is -2.38. The van der Waals surface area contributed by atoms with E-state index < -0.39 is 11.4 Å². The number of carbonyl (C=O) groups excluding carboxylic acids is 1. The topological polar surface area (TPSA) is 69.6 Å². The number of carboxylic acid groups (broad SMARTS) is 1. The molecule has 0 unspecified atom stereocenters. The second-order valence-corrected chi connectivity index (χ2v) is 9.78. The highest BCUT2D eigenvalue weighted by Gasteiger charge is 2.55. The fourth-order valence-electron chi connectivity index (χ4n) is 4.31. The molecule has 1 aliphatic carbocycles. The van der Waals surface area contributed by atoms with Gasteiger partial charge in [0.05, 0.1) is 10.00 Å². The Morgan fingerprint density at radius 2 is 2.08 bits per heavy atom. The van der Waals surface area contributed by atoms with Crippen molar-refractivity contribution in [2.75, 3.05) is 29.9 Å². The first-order chi connectivity index (χ1) is 12.1. The van der Waals surface area contributed by atoms with Crippen LogP contribution in [0.25, 0.3) is 0 Å². The fourth-order valence-corrected chi connectivity index (χ4v) is 7.15. The first-order valence-corrected chi connectivity index (χ1v) is 10.8. The number of likely N-dealkylation sites (tertiary alicyclic amines) is 1. The Morgan fingerprint density at radius 1 is 1.28 bits per heavy atom. The number of aliphatic carboxylic acids is 1. The Labute approximate surface area is 155 Å².